The zero-order valence-electron chi connectivity index (χ0n) is 18.3. The zero-order valence-corrected chi connectivity index (χ0v) is 19.3. The number of aromatic nitrogens is 4. The van der Waals surface area contributed by atoms with Gasteiger partial charge in [0.2, 0.25) is 0 Å². The van der Waals surface area contributed by atoms with E-state index in [2.05, 4.69) is 32.0 Å². The molecule has 1 fully saturated rings. The van der Waals surface area contributed by atoms with Gasteiger partial charge >= 0.3 is 8.25 Å². The summed E-state index contributed by atoms with van der Waals surface area (Å²) in [7, 11) is -3.09. The van der Waals surface area contributed by atoms with Gasteiger partial charge < -0.3 is 19.1 Å². The molecule has 1 aliphatic rings. The molecule has 0 bridgehead atoms. The molecule has 0 spiro atoms. The van der Waals surface area contributed by atoms with Crippen molar-refractivity contribution in [2.24, 2.45) is 4.99 Å². The van der Waals surface area contributed by atoms with Crippen molar-refractivity contribution in [2.75, 3.05) is 18.5 Å². The van der Waals surface area contributed by atoms with Crippen LogP contribution in [0.3, 0.4) is 0 Å². The molecule has 1 amide bonds. The van der Waals surface area contributed by atoms with Crippen LogP contribution in [0.1, 0.15) is 23.0 Å². The van der Waals surface area contributed by atoms with E-state index in [9.17, 15) is 9.36 Å². The lowest BCUT2D eigenvalue weighted by Crippen LogP contribution is -2.31. The maximum absolute atomic E-state index is 15.5. The number of fused-ring (bicyclic) bond motifs is 1. The highest BCUT2D eigenvalue weighted by molar-refractivity contribution is 7.33. The van der Waals surface area contributed by atoms with Crippen LogP contribution < -0.4 is 5.32 Å². The number of nitrogens with zero attached hydrogens (tertiary/aromatic N) is 6. The van der Waals surface area contributed by atoms with Crippen LogP contribution in [0, 0.1) is 11.3 Å². The van der Waals surface area contributed by atoms with Gasteiger partial charge in [0.25, 0.3) is 5.91 Å². The van der Waals surface area contributed by atoms with Gasteiger partial charge in [-0.25, -0.2) is 19.3 Å². The summed E-state index contributed by atoms with van der Waals surface area (Å²) in [4.78, 5) is 28.8. The number of imidazole rings is 1. The molecule has 0 saturated carbocycles. The van der Waals surface area contributed by atoms with Gasteiger partial charge in [0.1, 0.15) is 18.5 Å². The lowest BCUT2D eigenvalue weighted by Gasteiger charge is -2.18. The second kappa shape index (κ2) is 11.2. The number of rotatable bonds is 10. The molecule has 3 aromatic rings. The Morgan fingerprint density at radius 3 is 2.89 bits per heavy atom. The molecule has 0 radical (unpaired) electrons. The average Bonchev–Trinajstić information content (AvgIpc) is 3.42. The Morgan fingerprint density at radius 2 is 2.14 bits per heavy atom. The molecule has 4 rings (SSSR count). The van der Waals surface area contributed by atoms with Crippen LogP contribution in [-0.2, 0) is 18.3 Å². The SMILES string of the molecule is C=NC[C@H]1OC(n2cnc3c(NC(=O)c4ccccc4)ncnc32)[C@H](F)[C@@H]1O[PH](=O)OCCC#N. The van der Waals surface area contributed by atoms with Crippen LogP contribution in [0.4, 0.5) is 10.2 Å². The van der Waals surface area contributed by atoms with Crippen molar-refractivity contribution in [3.63, 3.8) is 0 Å². The molecular weight excluding hydrogens is 480 g/mol. The molecule has 1 aromatic carbocycles. The van der Waals surface area contributed by atoms with Gasteiger partial charge in [0.15, 0.2) is 29.4 Å². The zero-order chi connectivity index (χ0) is 24.8. The maximum atomic E-state index is 15.5. The highest BCUT2D eigenvalue weighted by Gasteiger charge is 2.48. The van der Waals surface area contributed by atoms with E-state index in [0.29, 0.717) is 5.56 Å². The third-order valence-corrected chi connectivity index (χ3v) is 6.05. The first kappa shape index (κ1) is 24.6. The first-order valence-electron chi connectivity index (χ1n) is 10.5. The number of anilines is 1. The summed E-state index contributed by atoms with van der Waals surface area (Å²) < 4.78 is 45.0. The first-order chi connectivity index (χ1) is 17.0. The van der Waals surface area contributed by atoms with Crippen molar-refractivity contribution in [2.45, 2.75) is 31.0 Å². The second-order valence-electron chi connectivity index (χ2n) is 7.37. The summed E-state index contributed by atoms with van der Waals surface area (Å²) in [6.45, 7) is 3.28. The molecule has 3 heterocycles. The number of carbonyl (C=O) groups excluding carboxylic acids is 1. The standard InChI is InChI=1S/C21H21FN7O5P/c1-24-10-14-17(34-35(31)32-9-5-8-23)15(22)21(33-14)29-12-27-16-18(25-11-26-19(16)29)28-20(30)13-6-3-2-4-7-13/h2-4,6-7,11-12,14-15,17,21,35H,1,5,9-10H2,(H,25,26,28,30)/t14-,15-,17-,21?/m1/s1. The van der Waals surface area contributed by atoms with Crippen LogP contribution >= 0.6 is 8.25 Å². The fraction of sp³-hybridized carbons (Fsp3) is 0.333. The number of alkyl halides is 1. The van der Waals surface area contributed by atoms with Crippen LogP contribution in [0.25, 0.3) is 11.2 Å². The number of carbonyl (C=O) groups is 1. The van der Waals surface area contributed by atoms with Crippen LogP contribution in [0.2, 0.25) is 0 Å². The Morgan fingerprint density at radius 1 is 1.34 bits per heavy atom. The molecule has 35 heavy (non-hydrogen) atoms. The van der Waals surface area contributed by atoms with E-state index in [4.69, 9.17) is 19.0 Å². The Bertz CT molecular complexity index is 1270. The van der Waals surface area contributed by atoms with Gasteiger partial charge in [-0.05, 0) is 18.9 Å². The van der Waals surface area contributed by atoms with Crippen molar-refractivity contribution in [1.82, 2.24) is 19.5 Å². The van der Waals surface area contributed by atoms with Crippen molar-refractivity contribution in [3.05, 3.63) is 48.5 Å². The monoisotopic (exact) mass is 501 g/mol. The fourth-order valence-corrected chi connectivity index (χ4v) is 4.40. The van der Waals surface area contributed by atoms with E-state index in [-0.39, 0.29) is 36.6 Å². The van der Waals surface area contributed by atoms with E-state index >= 15 is 4.39 Å². The topological polar surface area (TPSA) is 154 Å². The number of amides is 1. The number of hydrogen-bond acceptors (Lipinski definition) is 10. The van der Waals surface area contributed by atoms with Crippen LogP contribution in [-0.4, -0.2) is 63.7 Å². The molecule has 1 saturated heterocycles. The van der Waals surface area contributed by atoms with Gasteiger partial charge in [-0.1, -0.05) is 18.2 Å². The molecule has 1 aliphatic heterocycles. The Hall–Kier alpha value is -3.56. The highest BCUT2D eigenvalue weighted by Crippen LogP contribution is 2.40. The van der Waals surface area contributed by atoms with Gasteiger partial charge in [-0.3, -0.25) is 18.9 Å². The lowest BCUT2D eigenvalue weighted by atomic mass is 10.1. The van der Waals surface area contributed by atoms with E-state index in [0.717, 1.165) is 0 Å². The summed E-state index contributed by atoms with van der Waals surface area (Å²) in [5.74, 6) is -0.253. The predicted octanol–water partition coefficient (Wildman–Crippen LogP) is 2.72. The summed E-state index contributed by atoms with van der Waals surface area (Å²) in [6, 6.07) is 10.4. The van der Waals surface area contributed by atoms with Crippen molar-refractivity contribution >= 4 is 37.9 Å². The molecule has 12 nitrogen and oxygen atoms in total. The second-order valence-corrected chi connectivity index (χ2v) is 8.40. The Balaban J connectivity index is 1.56. The first-order valence-corrected chi connectivity index (χ1v) is 11.7. The number of aliphatic imine (C=N–C) groups is 1. The van der Waals surface area contributed by atoms with Gasteiger partial charge in [-0.15, -0.1) is 0 Å². The number of halogens is 1. The molecular formula is C21H21FN7O5P. The van der Waals surface area contributed by atoms with E-state index < -0.39 is 38.8 Å². The molecule has 5 atom stereocenters. The Kier molecular flexibility index (Phi) is 7.89. The Labute approximate surface area is 199 Å². The fourth-order valence-electron chi connectivity index (χ4n) is 3.56. The third kappa shape index (κ3) is 5.41. The van der Waals surface area contributed by atoms with Gasteiger partial charge in [0.05, 0.1) is 32.0 Å². The van der Waals surface area contributed by atoms with Gasteiger partial charge in [0, 0.05) is 5.56 Å². The highest BCUT2D eigenvalue weighted by atomic mass is 31.1. The molecule has 182 valence electrons. The summed E-state index contributed by atoms with van der Waals surface area (Å²) in [6.07, 6.45) is -2.66. The van der Waals surface area contributed by atoms with E-state index in [1.807, 2.05) is 6.07 Å². The quantitative estimate of drug-likeness (QED) is 0.251. The number of nitrogens with one attached hydrogen (secondary N) is 1. The third-order valence-electron chi connectivity index (χ3n) is 5.14. The van der Waals surface area contributed by atoms with Crippen molar-refractivity contribution < 1.29 is 27.5 Å². The predicted molar refractivity (Wildman–Crippen MR) is 123 cm³/mol. The summed E-state index contributed by atoms with van der Waals surface area (Å²) >= 11 is 0. The number of benzene rings is 1. The van der Waals surface area contributed by atoms with Crippen molar-refractivity contribution in [3.8, 4) is 6.07 Å². The smallest absolute Gasteiger partial charge is 0.319 e. The summed E-state index contributed by atoms with van der Waals surface area (Å²) in [5, 5.41) is 11.2. The number of ether oxygens (including phenoxy) is 1. The maximum Gasteiger partial charge on any atom is 0.319 e. The molecule has 2 unspecified atom stereocenters. The van der Waals surface area contributed by atoms with Crippen LogP contribution in [0.15, 0.2) is 48.0 Å². The van der Waals surface area contributed by atoms with Gasteiger partial charge in [-0.2, -0.15) is 5.26 Å². The molecule has 1 N–H and O–H groups in total. The minimum atomic E-state index is -3.09. The minimum Gasteiger partial charge on any atom is -0.347 e. The minimum absolute atomic E-state index is 0.0180. The van der Waals surface area contributed by atoms with Crippen LogP contribution in [0.5, 0.6) is 0 Å². The largest absolute Gasteiger partial charge is 0.347 e. The summed E-state index contributed by atoms with van der Waals surface area (Å²) in [5.41, 5.74) is 0.859. The molecule has 2 aromatic heterocycles. The molecule has 14 heteroatoms. The average molecular weight is 501 g/mol. The van der Waals surface area contributed by atoms with E-state index in [1.54, 1.807) is 30.3 Å². The lowest BCUT2D eigenvalue weighted by molar-refractivity contribution is -0.0166. The van der Waals surface area contributed by atoms with Crippen molar-refractivity contribution in [1.29, 1.82) is 5.26 Å². The molecule has 0 aliphatic carbocycles. The number of hydrogen-bond donors (Lipinski definition) is 1. The number of nitriles is 1. The van der Waals surface area contributed by atoms with E-state index in [1.165, 1.54) is 17.2 Å². The normalized spacial score (nSPS) is 22.5.